The molecule has 0 spiro atoms. The van der Waals surface area contributed by atoms with Crippen molar-refractivity contribution in [3.8, 4) is 0 Å². The van der Waals surface area contributed by atoms with Crippen molar-refractivity contribution in [2.75, 3.05) is 0 Å². The van der Waals surface area contributed by atoms with Crippen LogP contribution in [0.25, 0.3) is 10.9 Å². The van der Waals surface area contributed by atoms with Gasteiger partial charge in [0.25, 0.3) is 0 Å². The average Bonchev–Trinajstić information content (AvgIpc) is 2.77. The van der Waals surface area contributed by atoms with Gasteiger partial charge in [-0.15, -0.1) is 0 Å². The van der Waals surface area contributed by atoms with Gasteiger partial charge in [-0.2, -0.15) is 0 Å². The van der Waals surface area contributed by atoms with E-state index in [4.69, 9.17) is 0 Å². The first-order valence-corrected chi connectivity index (χ1v) is 6.37. The lowest BCUT2D eigenvalue weighted by Gasteiger charge is -2.18. The number of rotatable bonds is 1. The zero-order valence-electron chi connectivity index (χ0n) is 9.72. The molecule has 2 aliphatic carbocycles. The molecule has 4 rings (SSSR count). The summed E-state index contributed by atoms with van der Waals surface area (Å²) in [5.41, 5.74) is 5.12. The van der Waals surface area contributed by atoms with Gasteiger partial charge in [0.1, 0.15) is 0 Å². The van der Waals surface area contributed by atoms with Gasteiger partial charge in [0.05, 0.1) is 0 Å². The van der Waals surface area contributed by atoms with E-state index in [2.05, 4.69) is 36.2 Å². The number of fused-ring (bicyclic) bond motifs is 3. The second-order valence-corrected chi connectivity index (χ2v) is 5.81. The molecule has 1 heteroatoms. The van der Waals surface area contributed by atoms with E-state index in [1.165, 1.54) is 42.3 Å². The predicted octanol–water partition coefficient (Wildman–Crippen LogP) is 4.00. The van der Waals surface area contributed by atoms with Crippen LogP contribution in [0.4, 0.5) is 0 Å². The molecule has 1 nitrogen and oxygen atoms in total. The quantitative estimate of drug-likeness (QED) is 0.734. The van der Waals surface area contributed by atoms with Gasteiger partial charge in [-0.05, 0) is 48.6 Å². The number of hydrogen-bond acceptors (Lipinski definition) is 0. The minimum Gasteiger partial charge on any atom is -0.358 e. The van der Waals surface area contributed by atoms with Crippen molar-refractivity contribution in [3.63, 3.8) is 0 Å². The van der Waals surface area contributed by atoms with Crippen LogP contribution in [-0.2, 0) is 6.42 Å². The Morgan fingerprint density at radius 3 is 2.88 bits per heavy atom. The molecule has 16 heavy (non-hydrogen) atoms. The zero-order chi connectivity index (χ0) is 10.8. The highest BCUT2D eigenvalue weighted by Crippen LogP contribution is 2.60. The maximum absolute atomic E-state index is 3.61. The first-order valence-electron chi connectivity index (χ1n) is 6.37. The molecule has 1 N–H and O–H groups in total. The highest BCUT2D eigenvalue weighted by molar-refractivity contribution is 5.86. The third-order valence-electron chi connectivity index (χ3n) is 4.74. The Balaban J connectivity index is 1.96. The lowest BCUT2D eigenvalue weighted by molar-refractivity contribution is 0.438. The molecule has 0 bridgehead atoms. The van der Waals surface area contributed by atoms with E-state index in [1.807, 2.05) is 0 Å². The standard InChI is InChI=1S/C15H17N/c1-15(8-9-15)11-6-7-13-14(11)10-4-2-3-5-12(10)16-13/h2-5,11,16H,6-9H2,1H3. The van der Waals surface area contributed by atoms with Crippen LogP contribution in [0.15, 0.2) is 24.3 Å². The van der Waals surface area contributed by atoms with Crippen molar-refractivity contribution in [1.29, 1.82) is 0 Å². The largest absolute Gasteiger partial charge is 0.358 e. The van der Waals surface area contributed by atoms with Crippen LogP contribution in [0.3, 0.4) is 0 Å². The van der Waals surface area contributed by atoms with E-state index in [-0.39, 0.29) is 0 Å². The second-order valence-electron chi connectivity index (χ2n) is 5.81. The van der Waals surface area contributed by atoms with Crippen molar-refractivity contribution >= 4 is 10.9 Å². The third kappa shape index (κ3) is 1.01. The molecule has 0 saturated heterocycles. The monoisotopic (exact) mass is 211 g/mol. The van der Waals surface area contributed by atoms with Gasteiger partial charge >= 0.3 is 0 Å². The molecule has 0 radical (unpaired) electrons. The maximum Gasteiger partial charge on any atom is 0.0459 e. The smallest absolute Gasteiger partial charge is 0.0459 e. The molecule has 0 amide bonds. The summed E-state index contributed by atoms with van der Waals surface area (Å²) in [4.78, 5) is 3.61. The summed E-state index contributed by atoms with van der Waals surface area (Å²) in [5, 5.41) is 1.48. The van der Waals surface area contributed by atoms with Crippen molar-refractivity contribution in [1.82, 2.24) is 4.98 Å². The van der Waals surface area contributed by atoms with Crippen LogP contribution in [0.5, 0.6) is 0 Å². The molecule has 2 aromatic rings. The normalized spacial score (nSPS) is 25.9. The van der Waals surface area contributed by atoms with E-state index >= 15 is 0 Å². The first-order chi connectivity index (χ1) is 7.78. The van der Waals surface area contributed by atoms with Crippen molar-refractivity contribution in [3.05, 3.63) is 35.5 Å². The van der Waals surface area contributed by atoms with E-state index < -0.39 is 0 Å². The van der Waals surface area contributed by atoms with E-state index in [0.29, 0.717) is 5.41 Å². The van der Waals surface area contributed by atoms with Gasteiger partial charge in [-0.25, -0.2) is 0 Å². The number of aromatic amines is 1. The molecular formula is C15H17N. The molecular weight excluding hydrogens is 194 g/mol. The summed E-state index contributed by atoms with van der Waals surface area (Å²) in [6.45, 7) is 2.47. The molecule has 1 saturated carbocycles. The Bertz CT molecular complexity index is 560. The average molecular weight is 211 g/mol. The summed E-state index contributed by atoms with van der Waals surface area (Å²) in [7, 11) is 0. The summed E-state index contributed by atoms with van der Waals surface area (Å²) in [5.74, 6) is 0.818. The first kappa shape index (κ1) is 8.86. The van der Waals surface area contributed by atoms with Crippen LogP contribution >= 0.6 is 0 Å². The van der Waals surface area contributed by atoms with Crippen LogP contribution in [0.2, 0.25) is 0 Å². The molecule has 1 aromatic carbocycles. The summed E-state index contributed by atoms with van der Waals surface area (Å²) in [6, 6.07) is 8.79. The number of nitrogens with one attached hydrogen (secondary N) is 1. The number of hydrogen-bond donors (Lipinski definition) is 1. The fourth-order valence-corrected chi connectivity index (χ4v) is 3.49. The highest BCUT2D eigenvalue weighted by atomic mass is 14.7. The molecule has 1 heterocycles. The molecule has 1 unspecified atom stereocenters. The van der Waals surface area contributed by atoms with Gasteiger partial charge < -0.3 is 4.98 Å². The maximum atomic E-state index is 3.61. The number of para-hydroxylation sites is 1. The molecule has 2 aliphatic rings. The van der Waals surface area contributed by atoms with Crippen molar-refractivity contribution in [2.45, 2.75) is 38.5 Å². The number of benzene rings is 1. The topological polar surface area (TPSA) is 15.8 Å². The molecule has 1 aromatic heterocycles. The molecule has 82 valence electrons. The van der Waals surface area contributed by atoms with Gasteiger partial charge in [-0.1, -0.05) is 25.1 Å². The Morgan fingerprint density at radius 2 is 2.06 bits per heavy atom. The Kier molecular flexibility index (Phi) is 1.50. The third-order valence-corrected chi connectivity index (χ3v) is 4.74. The van der Waals surface area contributed by atoms with E-state index in [9.17, 15) is 0 Å². The molecule has 0 aliphatic heterocycles. The summed E-state index contributed by atoms with van der Waals surface area (Å²) >= 11 is 0. The van der Waals surface area contributed by atoms with Crippen LogP contribution < -0.4 is 0 Å². The van der Waals surface area contributed by atoms with Crippen LogP contribution in [0.1, 0.15) is 43.4 Å². The van der Waals surface area contributed by atoms with Crippen molar-refractivity contribution < 1.29 is 0 Å². The van der Waals surface area contributed by atoms with Gasteiger partial charge in [-0.3, -0.25) is 0 Å². The number of H-pyrrole nitrogens is 1. The van der Waals surface area contributed by atoms with E-state index in [0.717, 1.165) is 5.92 Å². The lowest BCUT2D eigenvalue weighted by Crippen LogP contribution is -2.06. The van der Waals surface area contributed by atoms with E-state index in [1.54, 1.807) is 5.56 Å². The van der Waals surface area contributed by atoms with Crippen LogP contribution in [-0.4, -0.2) is 4.98 Å². The Labute approximate surface area is 95.9 Å². The van der Waals surface area contributed by atoms with Crippen molar-refractivity contribution in [2.24, 2.45) is 5.41 Å². The highest BCUT2D eigenvalue weighted by Gasteiger charge is 2.48. The predicted molar refractivity (Wildman–Crippen MR) is 66.7 cm³/mol. The Morgan fingerprint density at radius 1 is 1.25 bits per heavy atom. The van der Waals surface area contributed by atoms with Gasteiger partial charge in [0.2, 0.25) is 0 Å². The van der Waals surface area contributed by atoms with Gasteiger partial charge in [0, 0.05) is 16.6 Å². The van der Waals surface area contributed by atoms with Crippen LogP contribution in [0, 0.1) is 5.41 Å². The Hall–Kier alpha value is -1.24. The summed E-state index contributed by atoms with van der Waals surface area (Å²) in [6.07, 6.45) is 5.47. The number of aryl methyl sites for hydroxylation is 1. The van der Waals surface area contributed by atoms with Gasteiger partial charge in [0.15, 0.2) is 0 Å². The number of aromatic nitrogens is 1. The molecule has 1 fully saturated rings. The minimum absolute atomic E-state index is 0.621. The second kappa shape index (κ2) is 2.71. The molecule has 1 atom stereocenters. The minimum atomic E-state index is 0.621. The lowest BCUT2D eigenvalue weighted by atomic mass is 9.85. The zero-order valence-corrected chi connectivity index (χ0v) is 9.72. The fraction of sp³-hybridized carbons (Fsp3) is 0.467. The summed E-state index contributed by atoms with van der Waals surface area (Å²) < 4.78 is 0. The SMILES string of the molecule is CC1(C2CCc3[nH]c4ccccc4c32)CC1. The fourth-order valence-electron chi connectivity index (χ4n) is 3.49.